The van der Waals surface area contributed by atoms with Gasteiger partial charge in [0.05, 0.1) is 31.9 Å². The number of phosphoric ester groups is 3. The lowest BCUT2D eigenvalue weighted by molar-refractivity contribution is -0.137. The molecule has 2 aliphatic heterocycles. The maximum Gasteiger partial charge on any atom is 0.481 e. The van der Waals surface area contributed by atoms with Crippen molar-refractivity contribution < 1.29 is 101 Å². The Morgan fingerprint density at radius 1 is 0.926 bits per heavy atom. The minimum absolute atomic E-state index is 0.0108. The molecule has 3 aromatic rings. The first-order valence-electron chi connectivity index (χ1n) is 19.7. The molecule has 0 aliphatic carbocycles. The van der Waals surface area contributed by atoms with Crippen molar-refractivity contribution in [1.82, 2.24) is 39.7 Å². The monoisotopic (exact) mass is 1050 g/mol. The molecular weight excluding hydrogens is 1000 g/mol. The van der Waals surface area contributed by atoms with Crippen LogP contribution >= 0.6 is 35.2 Å². The van der Waals surface area contributed by atoms with E-state index in [-0.39, 0.29) is 53.8 Å². The van der Waals surface area contributed by atoms with E-state index >= 15 is 0 Å². The average Bonchev–Trinajstić information content (AvgIpc) is 3.90. The number of amides is 3. The SMILES string of the molecule is CC(C)(COP(=O)(O)OP(=O)(O)OC[C@H]1O[C@@H](n2cnc3c(N)ncnc32)[C@@H](O)[C@@H]1OP(=O)(O)O)[C@@H](O)C(=O)NCCC(=O)NCCSCC(=O)Nc1ccn([C@@H]2O[C@H](CO)[C@H](O)[C@@H]2O)c(=O)n1. The molecule has 2 fully saturated rings. The number of phosphoric acid groups is 3. The van der Waals surface area contributed by atoms with Gasteiger partial charge in [0.15, 0.2) is 23.9 Å². The van der Waals surface area contributed by atoms with Crippen molar-refractivity contribution in [3.63, 3.8) is 0 Å². The quantitative estimate of drug-likeness (QED) is 0.0300. The fourth-order valence-electron chi connectivity index (χ4n) is 6.33. The van der Waals surface area contributed by atoms with Crippen LogP contribution in [0, 0.1) is 5.41 Å². The van der Waals surface area contributed by atoms with Crippen LogP contribution in [-0.2, 0) is 55.4 Å². The molecule has 2 unspecified atom stereocenters. The van der Waals surface area contributed by atoms with Crippen LogP contribution in [0.3, 0.4) is 0 Å². The number of aromatic nitrogens is 6. The standard InChI is InChI=1S/C32H49N10O22P3S/c1-32(2,12-60-67(57,58)64-66(55,56)59-10-16-24(63-65(52,53)54)23(48)30(62-16)42-14-38-20-26(33)36-13-37-27(20)42)25(49)28(50)35-5-3-18(44)34-6-8-68-11-19(45)39-17-4-7-41(31(51)40-17)29-22(47)21(46)15(9-43)61-29/h4,7,13-16,21-25,29-30,43,46-49H,3,5-6,8-12H2,1-2H3,(H,34,44)(H,35,50)(H,55,56)(H,57,58)(H2,33,36,37)(H2,52,53,54)(H,39,40,45,51)/t15-,16-,21+,22+,23+,24-,25+,29-,30-/m1/s1. The van der Waals surface area contributed by atoms with Gasteiger partial charge < -0.3 is 76.3 Å². The summed E-state index contributed by atoms with van der Waals surface area (Å²) in [5, 5.41) is 58.1. The Morgan fingerprint density at radius 2 is 1.60 bits per heavy atom. The molecule has 0 bridgehead atoms. The Hall–Kier alpha value is -3.92. The van der Waals surface area contributed by atoms with Crippen molar-refractivity contribution in [3.8, 4) is 0 Å². The Balaban J connectivity index is 0.991. The summed E-state index contributed by atoms with van der Waals surface area (Å²) < 4.78 is 68.5. The molecule has 0 saturated carbocycles. The summed E-state index contributed by atoms with van der Waals surface area (Å²) in [5.74, 6) is -2.09. The minimum atomic E-state index is -5.62. The van der Waals surface area contributed by atoms with Crippen molar-refractivity contribution in [2.75, 3.05) is 55.5 Å². The molecule has 380 valence electrons. The molecule has 14 N–H and O–H groups in total. The fourth-order valence-corrected chi connectivity index (χ4v) is 9.81. The highest BCUT2D eigenvalue weighted by Gasteiger charge is 2.50. The summed E-state index contributed by atoms with van der Waals surface area (Å²) in [6.07, 6.45) is -11.4. The van der Waals surface area contributed by atoms with E-state index in [4.69, 9.17) is 24.3 Å². The number of nitrogens with zero attached hydrogens (tertiary/aromatic N) is 6. The lowest BCUT2D eigenvalue weighted by Gasteiger charge is -2.30. The van der Waals surface area contributed by atoms with Gasteiger partial charge in [-0.25, -0.2) is 33.4 Å². The van der Waals surface area contributed by atoms with E-state index in [2.05, 4.69) is 44.7 Å². The molecule has 5 rings (SSSR count). The van der Waals surface area contributed by atoms with Gasteiger partial charge in [0, 0.05) is 36.9 Å². The number of thioether (sulfide) groups is 1. The van der Waals surface area contributed by atoms with Crippen molar-refractivity contribution >= 4 is 75.8 Å². The zero-order valence-electron chi connectivity index (χ0n) is 35.5. The molecule has 11 atom stereocenters. The molecule has 36 heteroatoms. The Morgan fingerprint density at radius 3 is 2.26 bits per heavy atom. The second-order valence-electron chi connectivity index (χ2n) is 15.4. The Kier molecular flexibility index (Phi) is 18.5. The molecule has 0 radical (unpaired) electrons. The van der Waals surface area contributed by atoms with Crippen LogP contribution in [0.1, 0.15) is 32.7 Å². The van der Waals surface area contributed by atoms with Gasteiger partial charge in [-0.3, -0.25) is 37.1 Å². The van der Waals surface area contributed by atoms with Gasteiger partial charge in [0.1, 0.15) is 60.4 Å². The molecule has 5 heterocycles. The molecule has 2 aliphatic rings. The number of hydrogen-bond acceptors (Lipinski definition) is 24. The van der Waals surface area contributed by atoms with Gasteiger partial charge in [-0.05, 0) is 6.07 Å². The number of nitrogens with one attached hydrogen (secondary N) is 3. The van der Waals surface area contributed by atoms with E-state index in [1.807, 2.05) is 0 Å². The molecule has 0 aromatic carbocycles. The highest BCUT2D eigenvalue weighted by molar-refractivity contribution is 7.99. The third-order valence-corrected chi connectivity index (χ3v) is 13.8. The number of carbonyl (C=O) groups is 3. The summed E-state index contributed by atoms with van der Waals surface area (Å²) in [7, 11) is -16.5. The van der Waals surface area contributed by atoms with Crippen molar-refractivity contribution in [1.29, 1.82) is 0 Å². The third kappa shape index (κ3) is 14.6. The van der Waals surface area contributed by atoms with E-state index in [9.17, 15) is 78.0 Å². The number of carbonyl (C=O) groups excluding carboxylic acids is 3. The normalized spacial score (nSPS) is 25.4. The molecule has 68 heavy (non-hydrogen) atoms. The number of hydrogen-bond donors (Lipinski definition) is 13. The first-order chi connectivity index (χ1) is 31.7. The molecule has 32 nitrogen and oxygen atoms in total. The van der Waals surface area contributed by atoms with E-state index in [0.29, 0.717) is 0 Å². The van der Waals surface area contributed by atoms with E-state index in [0.717, 1.165) is 33.6 Å². The fraction of sp³-hybridized carbons (Fsp3) is 0.625. The summed E-state index contributed by atoms with van der Waals surface area (Å²) in [5.41, 5.74) is 3.26. The Labute approximate surface area is 387 Å². The smallest absolute Gasteiger partial charge is 0.394 e. The summed E-state index contributed by atoms with van der Waals surface area (Å²) >= 11 is 1.12. The maximum absolute atomic E-state index is 12.7. The van der Waals surface area contributed by atoms with Crippen LogP contribution in [0.25, 0.3) is 11.2 Å². The highest BCUT2D eigenvalue weighted by atomic mass is 32.2. The van der Waals surface area contributed by atoms with Crippen LogP contribution in [0.5, 0.6) is 0 Å². The first-order valence-corrected chi connectivity index (χ1v) is 25.4. The van der Waals surface area contributed by atoms with Crippen LogP contribution < -0.4 is 27.4 Å². The third-order valence-electron chi connectivity index (χ3n) is 9.77. The lowest BCUT2D eigenvalue weighted by atomic mass is 9.87. The summed E-state index contributed by atoms with van der Waals surface area (Å²) in [4.78, 5) is 105. The first kappa shape index (κ1) is 55.0. The number of imidazole rings is 1. The number of rotatable bonds is 24. The van der Waals surface area contributed by atoms with Crippen LogP contribution in [0.4, 0.5) is 11.6 Å². The molecule has 2 saturated heterocycles. The van der Waals surface area contributed by atoms with Gasteiger partial charge in [-0.15, -0.1) is 0 Å². The largest absolute Gasteiger partial charge is 0.481 e. The number of nitrogen functional groups attached to an aromatic ring is 1. The number of aliphatic hydroxyl groups excluding tert-OH is 5. The van der Waals surface area contributed by atoms with Gasteiger partial charge in [-0.2, -0.15) is 21.1 Å². The Bertz CT molecular complexity index is 2480. The predicted octanol–water partition coefficient (Wildman–Crippen LogP) is -4.05. The van der Waals surface area contributed by atoms with Crippen molar-refractivity contribution in [2.24, 2.45) is 5.41 Å². The van der Waals surface area contributed by atoms with Gasteiger partial charge >= 0.3 is 29.2 Å². The zero-order valence-corrected chi connectivity index (χ0v) is 39.0. The van der Waals surface area contributed by atoms with E-state index < -0.39 is 127 Å². The second-order valence-corrected chi connectivity index (χ2v) is 20.7. The van der Waals surface area contributed by atoms with E-state index in [1.54, 1.807) is 0 Å². The number of aliphatic hydroxyl groups is 5. The van der Waals surface area contributed by atoms with Crippen molar-refractivity contribution in [3.05, 3.63) is 35.4 Å². The highest BCUT2D eigenvalue weighted by Crippen LogP contribution is 2.61. The van der Waals surface area contributed by atoms with Crippen LogP contribution in [0.2, 0.25) is 0 Å². The van der Waals surface area contributed by atoms with Crippen LogP contribution in [-0.4, -0.2) is 179 Å². The average molecular weight is 1050 g/mol. The molecule has 0 spiro atoms. The van der Waals surface area contributed by atoms with Gasteiger partial charge in [0.25, 0.3) is 0 Å². The number of anilines is 2. The van der Waals surface area contributed by atoms with E-state index in [1.165, 1.54) is 26.1 Å². The van der Waals surface area contributed by atoms with Gasteiger partial charge in [0.2, 0.25) is 17.7 Å². The number of fused-ring (bicyclic) bond motifs is 1. The second kappa shape index (κ2) is 22.9. The summed E-state index contributed by atoms with van der Waals surface area (Å²) in [6, 6.07) is 1.26. The topological polar surface area (TPSA) is 480 Å². The molecular formula is C32H49N10O22P3S. The number of nitrogens with two attached hydrogens (primary N) is 1. The van der Waals surface area contributed by atoms with Crippen molar-refractivity contribution in [2.45, 2.75) is 75.5 Å². The molecule has 3 aromatic heterocycles. The summed E-state index contributed by atoms with van der Waals surface area (Å²) in [6.45, 7) is -0.429. The predicted molar refractivity (Wildman–Crippen MR) is 227 cm³/mol. The van der Waals surface area contributed by atoms with Gasteiger partial charge in [-0.1, -0.05) is 13.8 Å². The lowest BCUT2D eigenvalue weighted by Crippen LogP contribution is -2.46. The minimum Gasteiger partial charge on any atom is -0.394 e. The maximum atomic E-state index is 12.7. The number of ether oxygens (including phenoxy) is 2. The molecule has 3 amide bonds. The zero-order chi connectivity index (χ0) is 50.4. The van der Waals surface area contributed by atoms with Crippen LogP contribution in [0.15, 0.2) is 29.7 Å².